The average molecular weight is 245 g/mol. The second-order valence-corrected chi connectivity index (χ2v) is 3.87. The number of imidazole rings is 1. The van der Waals surface area contributed by atoms with Crippen LogP contribution in [0.1, 0.15) is 10.6 Å². The molecule has 0 fully saturated rings. The first-order valence-electron chi connectivity index (χ1n) is 5.49. The van der Waals surface area contributed by atoms with Crippen LogP contribution < -0.4 is 15.2 Å². The van der Waals surface area contributed by atoms with Crippen LogP contribution in [0.3, 0.4) is 0 Å². The van der Waals surface area contributed by atoms with Gasteiger partial charge in [-0.15, -0.1) is 0 Å². The average Bonchev–Trinajstić information content (AvgIpc) is 2.88. The van der Waals surface area contributed by atoms with Crippen LogP contribution in [0.4, 0.5) is 0 Å². The molecule has 0 unspecified atom stereocenters. The van der Waals surface area contributed by atoms with Gasteiger partial charge in [-0.3, -0.25) is 4.79 Å². The van der Waals surface area contributed by atoms with E-state index in [1.165, 1.54) is 0 Å². The molecular formula is C12H11N3O3. The normalized spacial score (nSPS) is 13.3. The van der Waals surface area contributed by atoms with Crippen molar-refractivity contribution in [3.8, 4) is 22.8 Å². The maximum atomic E-state index is 11.0. The number of H-pyrrole nitrogens is 1. The number of carbonyl (C=O) groups excluding carboxylic acids is 1. The maximum Gasteiger partial charge on any atom is 0.284 e. The molecule has 1 aliphatic rings. The quantitative estimate of drug-likeness (QED) is 0.824. The van der Waals surface area contributed by atoms with Gasteiger partial charge in [0.1, 0.15) is 13.2 Å². The second kappa shape index (κ2) is 4.06. The summed E-state index contributed by atoms with van der Waals surface area (Å²) in [5.41, 5.74) is 6.71. The van der Waals surface area contributed by atoms with Gasteiger partial charge in [0, 0.05) is 5.56 Å². The fraction of sp³-hybridized carbons (Fsp3) is 0.167. The Hall–Kier alpha value is -2.50. The number of benzene rings is 1. The number of nitrogens with zero attached hydrogens (tertiary/aromatic N) is 1. The van der Waals surface area contributed by atoms with Crippen LogP contribution in [0.15, 0.2) is 24.4 Å². The molecular weight excluding hydrogens is 234 g/mol. The number of hydrogen-bond donors (Lipinski definition) is 2. The van der Waals surface area contributed by atoms with Crippen molar-refractivity contribution in [2.24, 2.45) is 5.73 Å². The zero-order valence-corrected chi connectivity index (χ0v) is 9.47. The minimum absolute atomic E-state index is 0.139. The largest absolute Gasteiger partial charge is 0.486 e. The van der Waals surface area contributed by atoms with E-state index in [0.29, 0.717) is 24.7 Å². The number of aromatic nitrogens is 2. The molecule has 1 aromatic carbocycles. The van der Waals surface area contributed by atoms with E-state index in [4.69, 9.17) is 15.2 Å². The van der Waals surface area contributed by atoms with Crippen molar-refractivity contribution in [1.82, 2.24) is 9.97 Å². The number of carbonyl (C=O) groups is 1. The van der Waals surface area contributed by atoms with Gasteiger partial charge in [0.15, 0.2) is 17.3 Å². The summed E-state index contributed by atoms with van der Waals surface area (Å²) in [6.07, 6.45) is 1.56. The number of nitrogens with one attached hydrogen (secondary N) is 1. The molecule has 6 heteroatoms. The van der Waals surface area contributed by atoms with E-state index in [1.807, 2.05) is 18.2 Å². The lowest BCUT2D eigenvalue weighted by molar-refractivity contribution is 0.0991. The molecule has 3 rings (SSSR count). The lowest BCUT2D eigenvalue weighted by atomic mass is 10.1. The van der Waals surface area contributed by atoms with Crippen molar-refractivity contribution in [2.45, 2.75) is 0 Å². The van der Waals surface area contributed by atoms with Crippen LogP contribution in [0.5, 0.6) is 11.5 Å². The van der Waals surface area contributed by atoms with Crippen molar-refractivity contribution in [3.05, 3.63) is 30.2 Å². The lowest BCUT2D eigenvalue weighted by Gasteiger charge is -2.18. The predicted molar refractivity (Wildman–Crippen MR) is 63.5 cm³/mol. The topological polar surface area (TPSA) is 90.2 Å². The van der Waals surface area contributed by atoms with E-state index >= 15 is 0 Å². The molecule has 0 saturated carbocycles. The Kier molecular flexibility index (Phi) is 2.40. The van der Waals surface area contributed by atoms with E-state index in [9.17, 15) is 4.79 Å². The third kappa shape index (κ3) is 1.77. The molecule has 6 nitrogen and oxygen atoms in total. The summed E-state index contributed by atoms with van der Waals surface area (Å²) in [5, 5.41) is 0. The van der Waals surface area contributed by atoms with Gasteiger partial charge >= 0.3 is 0 Å². The highest BCUT2D eigenvalue weighted by atomic mass is 16.6. The van der Waals surface area contributed by atoms with E-state index in [-0.39, 0.29) is 5.82 Å². The number of nitrogens with two attached hydrogens (primary N) is 1. The molecule has 3 N–H and O–H groups in total. The molecule has 1 aromatic heterocycles. The molecule has 92 valence electrons. The molecule has 1 amide bonds. The fourth-order valence-electron chi connectivity index (χ4n) is 1.80. The molecule has 1 aliphatic heterocycles. The van der Waals surface area contributed by atoms with Gasteiger partial charge in [0.2, 0.25) is 0 Å². The molecule has 0 bridgehead atoms. The Balaban J connectivity index is 1.98. The van der Waals surface area contributed by atoms with Crippen molar-refractivity contribution >= 4 is 5.91 Å². The smallest absolute Gasteiger partial charge is 0.284 e. The van der Waals surface area contributed by atoms with E-state index in [2.05, 4.69) is 9.97 Å². The second-order valence-electron chi connectivity index (χ2n) is 3.87. The number of fused-ring (bicyclic) bond motifs is 1. The summed E-state index contributed by atoms with van der Waals surface area (Å²) >= 11 is 0. The Morgan fingerprint density at radius 1 is 1.28 bits per heavy atom. The highest BCUT2D eigenvalue weighted by molar-refractivity contribution is 5.89. The number of hydrogen-bond acceptors (Lipinski definition) is 4. The van der Waals surface area contributed by atoms with E-state index < -0.39 is 5.91 Å². The first-order chi connectivity index (χ1) is 8.74. The Morgan fingerprint density at radius 3 is 2.78 bits per heavy atom. The molecule has 2 heterocycles. The minimum atomic E-state index is -0.584. The number of rotatable bonds is 2. The maximum absolute atomic E-state index is 11.0. The van der Waals surface area contributed by atoms with Gasteiger partial charge in [-0.1, -0.05) is 0 Å². The van der Waals surface area contributed by atoms with Crippen molar-refractivity contribution in [1.29, 1.82) is 0 Å². The summed E-state index contributed by atoms with van der Waals surface area (Å²) in [5.74, 6) is 0.965. The first kappa shape index (κ1) is 10.6. The van der Waals surface area contributed by atoms with E-state index in [1.54, 1.807) is 6.20 Å². The van der Waals surface area contributed by atoms with Crippen LogP contribution in [-0.2, 0) is 0 Å². The zero-order chi connectivity index (χ0) is 12.5. The summed E-state index contributed by atoms with van der Waals surface area (Å²) < 4.78 is 10.9. The third-order valence-corrected chi connectivity index (χ3v) is 2.66. The van der Waals surface area contributed by atoms with Crippen LogP contribution in [0, 0.1) is 0 Å². The standard InChI is InChI=1S/C12H11N3O3/c13-11(16)12-14-6-8(15-12)7-1-2-9-10(5-7)18-4-3-17-9/h1-2,5-6H,3-4H2,(H2,13,16)(H,14,15). The minimum Gasteiger partial charge on any atom is -0.486 e. The number of aromatic amines is 1. The summed E-state index contributed by atoms with van der Waals surface area (Å²) in [7, 11) is 0. The van der Waals surface area contributed by atoms with Gasteiger partial charge in [-0.25, -0.2) is 4.98 Å². The lowest BCUT2D eigenvalue weighted by Crippen LogP contribution is -2.15. The Labute approximate surface area is 103 Å². The van der Waals surface area contributed by atoms with Gasteiger partial charge in [-0.05, 0) is 18.2 Å². The molecule has 0 radical (unpaired) electrons. The van der Waals surface area contributed by atoms with Crippen LogP contribution in [0.25, 0.3) is 11.3 Å². The van der Waals surface area contributed by atoms with E-state index in [0.717, 1.165) is 11.3 Å². The predicted octanol–water partition coefficient (Wildman–Crippen LogP) is 0.947. The zero-order valence-electron chi connectivity index (χ0n) is 9.47. The Bertz CT molecular complexity index is 606. The van der Waals surface area contributed by atoms with Crippen molar-refractivity contribution in [2.75, 3.05) is 13.2 Å². The van der Waals surface area contributed by atoms with Crippen molar-refractivity contribution in [3.63, 3.8) is 0 Å². The van der Waals surface area contributed by atoms with Gasteiger partial charge in [-0.2, -0.15) is 0 Å². The summed E-state index contributed by atoms with van der Waals surface area (Å²) in [4.78, 5) is 17.7. The number of amides is 1. The van der Waals surface area contributed by atoms with Crippen LogP contribution in [-0.4, -0.2) is 29.1 Å². The summed E-state index contributed by atoms with van der Waals surface area (Å²) in [6.45, 7) is 1.09. The highest BCUT2D eigenvalue weighted by Gasteiger charge is 2.14. The van der Waals surface area contributed by atoms with Crippen LogP contribution >= 0.6 is 0 Å². The number of primary amides is 1. The first-order valence-corrected chi connectivity index (χ1v) is 5.49. The van der Waals surface area contributed by atoms with Gasteiger partial charge in [0.05, 0.1) is 11.9 Å². The fourth-order valence-corrected chi connectivity index (χ4v) is 1.80. The highest BCUT2D eigenvalue weighted by Crippen LogP contribution is 2.33. The molecule has 0 aliphatic carbocycles. The molecule has 0 spiro atoms. The molecule has 2 aromatic rings. The monoisotopic (exact) mass is 245 g/mol. The van der Waals surface area contributed by atoms with Crippen molar-refractivity contribution < 1.29 is 14.3 Å². The SMILES string of the molecule is NC(=O)c1ncc(-c2ccc3c(c2)OCCO3)[nH]1. The Morgan fingerprint density at radius 2 is 2.06 bits per heavy atom. The van der Waals surface area contributed by atoms with Crippen LogP contribution in [0.2, 0.25) is 0 Å². The van der Waals surface area contributed by atoms with Gasteiger partial charge < -0.3 is 20.2 Å². The third-order valence-electron chi connectivity index (χ3n) is 2.66. The number of ether oxygens (including phenoxy) is 2. The molecule has 0 atom stereocenters. The summed E-state index contributed by atoms with van der Waals surface area (Å²) in [6, 6.07) is 5.53. The molecule has 18 heavy (non-hydrogen) atoms. The molecule has 0 saturated heterocycles. The van der Waals surface area contributed by atoms with Gasteiger partial charge in [0.25, 0.3) is 5.91 Å².